The molecule has 2 heterocycles. The van der Waals surface area contributed by atoms with Crippen molar-refractivity contribution in [3.8, 4) is 11.4 Å². The summed E-state index contributed by atoms with van der Waals surface area (Å²) < 4.78 is 6.38. The lowest BCUT2D eigenvalue weighted by Crippen LogP contribution is -2.41. The standard InChI is InChI=1S/C28H35N5O4/c1-19-15-20(2)18-32(17-19)14-6-13-29-25(34)16-30-27(35)26-23-7-4-5-8-24(23)28(36)33(31-26)21-9-11-22(37-3)12-10-21/h4-5,7-12,19-20H,6,13-18H2,1-3H3,(H,29,34)(H,30,35)/t19-,20-/m1/s1. The van der Waals surface area contributed by atoms with Gasteiger partial charge in [0, 0.05) is 25.0 Å². The molecule has 0 aliphatic carbocycles. The number of fused-ring (bicyclic) bond motifs is 1. The fourth-order valence-corrected chi connectivity index (χ4v) is 5.07. The molecule has 2 N–H and O–H groups in total. The molecule has 4 rings (SSSR count). The maximum atomic E-state index is 13.1. The maximum Gasteiger partial charge on any atom is 0.279 e. The molecule has 2 aromatic carbocycles. The molecule has 0 spiro atoms. The summed E-state index contributed by atoms with van der Waals surface area (Å²) in [7, 11) is 1.56. The van der Waals surface area contributed by atoms with E-state index in [1.165, 1.54) is 11.1 Å². The zero-order valence-corrected chi connectivity index (χ0v) is 21.7. The Morgan fingerprint density at radius 1 is 1.00 bits per heavy atom. The number of carbonyl (C=O) groups excluding carboxylic acids is 2. The molecule has 0 saturated carbocycles. The minimum atomic E-state index is -0.523. The van der Waals surface area contributed by atoms with E-state index in [1.807, 2.05) is 0 Å². The van der Waals surface area contributed by atoms with E-state index in [0.717, 1.165) is 26.1 Å². The van der Waals surface area contributed by atoms with Gasteiger partial charge in [0.2, 0.25) is 5.91 Å². The van der Waals surface area contributed by atoms with Crippen LogP contribution in [-0.4, -0.2) is 66.3 Å². The van der Waals surface area contributed by atoms with E-state index >= 15 is 0 Å². The van der Waals surface area contributed by atoms with E-state index in [1.54, 1.807) is 55.6 Å². The van der Waals surface area contributed by atoms with Crippen molar-refractivity contribution in [1.29, 1.82) is 0 Å². The highest BCUT2D eigenvalue weighted by Gasteiger charge is 2.21. The highest BCUT2D eigenvalue weighted by atomic mass is 16.5. The van der Waals surface area contributed by atoms with E-state index in [9.17, 15) is 14.4 Å². The summed E-state index contributed by atoms with van der Waals surface area (Å²) in [5.74, 6) is 1.27. The number of methoxy groups -OCH3 is 1. The number of hydrogen-bond acceptors (Lipinski definition) is 6. The number of nitrogens with one attached hydrogen (secondary N) is 2. The number of likely N-dealkylation sites (tertiary alicyclic amines) is 1. The van der Waals surface area contributed by atoms with E-state index in [-0.39, 0.29) is 23.7 Å². The van der Waals surface area contributed by atoms with Gasteiger partial charge < -0.3 is 20.3 Å². The Hall–Kier alpha value is -3.72. The van der Waals surface area contributed by atoms with Crippen molar-refractivity contribution < 1.29 is 14.3 Å². The van der Waals surface area contributed by atoms with E-state index in [2.05, 4.69) is 34.5 Å². The smallest absolute Gasteiger partial charge is 0.279 e. The van der Waals surface area contributed by atoms with Gasteiger partial charge >= 0.3 is 0 Å². The second-order valence-corrected chi connectivity index (χ2v) is 9.90. The van der Waals surface area contributed by atoms with Gasteiger partial charge in [0.1, 0.15) is 5.75 Å². The van der Waals surface area contributed by atoms with Gasteiger partial charge in [0.25, 0.3) is 11.5 Å². The first-order valence-electron chi connectivity index (χ1n) is 12.8. The van der Waals surface area contributed by atoms with Gasteiger partial charge in [0.05, 0.1) is 24.7 Å². The lowest BCUT2D eigenvalue weighted by atomic mass is 9.92. The monoisotopic (exact) mass is 505 g/mol. The van der Waals surface area contributed by atoms with Gasteiger partial charge in [-0.3, -0.25) is 14.4 Å². The van der Waals surface area contributed by atoms with Crippen LogP contribution in [0, 0.1) is 11.8 Å². The average Bonchev–Trinajstić information content (AvgIpc) is 2.90. The zero-order chi connectivity index (χ0) is 26.4. The molecule has 9 nitrogen and oxygen atoms in total. The summed E-state index contributed by atoms with van der Waals surface area (Å²) in [4.78, 5) is 41.0. The summed E-state index contributed by atoms with van der Waals surface area (Å²) >= 11 is 0. The lowest BCUT2D eigenvalue weighted by Gasteiger charge is -2.34. The fourth-order valence-electron chi connectivity index (χ4n) is 5.07. The number of amides is 2. The number of hydrogen-bond donors (Lipinski definition) is 2. The van der Waals surface area contributed by atoms with Gasteiger partial charge in [-0.1, -0.05) is 32.0 Å². The first kappa shape index (κ1) is 26.3. The molecule has 2 atom stereocenters. The van der Waals surface area contributed by atoms with Crippen molar-refractivity contribution in [2.24, 2.45) is 11.8 Å². The molecule has 1 fully saturated rings. The predicted molar refractivity (Wildman–Crippen MR) is 143 cm³/mol. The van der Waals surface area contributed by atoms with Crippen LogP contribution in [0.4, 0.5) is 0 Å². The molecule has 37 heavy (non-hydrogen) atoms. The molecular formula is C28H35N5O4. The average molecular weight is 506 g/mol. The number of piperidine rings is 1. The summed E-state index contributed by atoms with van der Waals surface area (Å²) in [5.41, 5.74) is 0.237. The molecule has 0 bridgehead atoms. The number of nitrogens with zero attached hydrogens (tertiary/aromatic N) is 3. The van der Waals surface area contributed by atoms with Crippen LogP contribution in [0.2, 0.25) is 0 Å². The van der Waals surface area contributed by atoms with Crippen molar-refractivity contribution in [1.82, 2.24) is 25.3 Å². The molecule has 0 unspecified atom stereocenters. The van der Waals surface area contributed by atoms with Crippen LogP contribution in [0.3, 0.4) is 0 Å². The Kier molecular flexibility index (Phi) is 8.55. The Labute approximate surface area is 216 Å². The first-order valence-corrected chi connectivity index (χ1v) is 12.8. The van der Waals surface area contributed by atoms with Crippen molar-refractivity contribution in [3.63, 3.8) is 0 Å². The molecule has 3 aromatic rings. The number of benzene rings is 2. The number of aromatic nitrogens is 2. The highest BCUT2D eigenvalue weighted by Crippen LogP contribution is 2.21. The fraction of sp³-hybridized carbons (Fsp3) is 0.429. The normalized spacial score (nSPS) is 17.9. The number of carbonyl (C=O) groups is 2. The van der Waals surface area contributed by atoms with Crippen molar-refractivity contribution in [2.45, 2.75) is 26.7 Å². The predicted octanol–water partition coefficient (Wildman–Crippen LogP) is 2.61. The Morgan fingerprint density at radius 3 is 2.35 bits per heavy atom. The topological polar surface area (TPSA) is 106 Å². The zero-order valence-electron chi connectivity index (χ0n) is 21.7. The second kappa shape index (κ2) is 12.0. The van der Waals surface area contributed by atoms with Crippen molar-refractivity contribution in [3.05, 3.63) is 64.6 Å². The number of ether oxygens (including phenoxy) is 1. The van der Waals surface area contributed by atoms with Crippen molar-refractivity contribution in [2.75, 3.05) is 39.8 Å². The van der Waals surface area contributed by atoms with Crippen LogP contribution in [0.5, 0.6) is 5.75 Å². The van der Waals surface area contributed by atoms with Crippen LogP contribution < -0.4 is 20.9 Å². The van der Waals surface area contributed by atoms with Gasteiger partial charge in [-0.2, -0.15) is 9.78 Å². The quantitative estimate of drug-likeness (QED) is 0.433. The first-order chi connectivity index (χ1) is 17.9. The molecule has 196 valence electrons. The molecule has 9 heteroatoms. The molecule has 1 aliphatic rings. The molecule has 2 amide bonds. The Balaban J connectivity index is 1.38. The SMILES string of the molecule is COc1ccc(-n2nc(C(=O)NCC(=O)NCCCN3C[C@H](C)C[C@@H](C)C3)c3ccccc3c2=O)cc1. The summed E-state index contributed by atoms with van der Waals surface area (Å²) in [6.07, 6.45) is 2.13. The van der Waals surface area contributed by atoms with Gasteiger partial charge in [0.15, 0.2) is 5.69 Å². The minimum Gasteiger partial charge on any atom is -0.497 e. The van der Waals surface area contributed by atoms with Crippen LogP contribution >= 0.6 is 0 Å². The third kappa shape index (κ3) is 6.54. The van der Waals surface area contributed by atoms with Crippen LogP contribution in [0.1, 0.15) is 37.2 Å². The summed E-state index contributed by atoms with van der Waals surface area (Å²) in [6, 6.07) is 13.7. The third-order valence-corrected chi connectivity index (χ3v) is 6.66. The van der Waals surface area contributed by atoms with E-state index in [4.69, 9.17) is 4.74 Å². The largest absolute Gasteiger partial charge is 0.497 e. The summed E-state index contributed by atoms with van der Waals surface area (Å²) in [5, 5.41) is 10.7. The van der Waals surface area contributed by atoms with Crippen LogP contribution in [0.25, 0.3) is 16.5 Å². The molecule has 0 radical (unpaired) electrons. The maximum absolute atomic E-state index is 13.1. The Bertz CT molecular complexity index is 1290. The van der Waals surface area contributed by atoms with E-state index in [0.29, 0.717) is 40.6 Å². The van der Waals surface area contributed by atoms with Crippen LogP contribution in [-0.2, 0) is 4.79 Å². The lowest BCUT2D eigenvalue weighted by molar-refractivity contribution is -0.120. The van der Waals surface area contributed by atoms with E-state index < -0.39 is 5.91 Å². The van der Waals surface area contributed by atoms with Crippen molar-refractivity contribution >= 4 is 22.6 Å². The summed E-state index contributed by atoms with van der Waals surface area (Å²) in [6.45, 7) is 8.11. The molecule has 1 aromatic heterocycles. The van der Waals surface area contributed by atoms with Crippen LogP contribution in [0.15, 0.2) is 53.3 Å². The second-order valence-electron chi connectivity index (χ2n) is 9.90. The Morgan fingerprint density at radius 2 is 1.68 bits per heavy atom. The number of rotatable bonds is 9. The van der Waals surface area contributed by atoms with Gasteiger partial charge in [-0.05, 0) is 61.6 Å². The molecule has 1 saturated heterocycles. The van der Waals surface area contributed by atoms with Gasteiger partial charge in [-0.25, -0.2) is 0 Å². The molecule has 1 aliphatic heterocycles. The third-order valence-electron chi connectivity index (χ3n) is 6.66. The molecular weight excluding hydrogens is 470 g/mol. The highest BCUT2D eigenvalue weighted by molar-refractivity contribution is 6.05. The minimum absolute atomic E-state index is 0.0761. The van der Waals surface area contributed by atoms with Gasteiger partial charge in [-0.15, -0.1) is 0 Å².